The number of anilines is 2. The lowest BCUT2D eigenvalue weighted by Gasteiger charge is -2.38. The van der Waals surface area contributed by atoms with Crippen molar-refractivity contribution in [3.05, 3.63) is 113 Å². The number of hydrogen-bond donors (Lipinski definition) is 2. The van der Waals surface area contributed by atoms with Gasteiger partial charge in [0.05, 0.1) is 29.5 Å². The number of aryl methyl sites for hydroxylation is 2. The summed E-state index contributed by atoms with van der Waals surface area (Å²) in [4.78, 5) is 76.9. The van der Waals surface area contributed by atoms with E-state index in [4.69, 9.17) is 10.7 Å². The van der Waals surface area contributed by atoms with Crippen LogP contribution in [0.15, 0.2) is 79.3 Å². The van der Waals surface area contributed by atoms with Crippen molar-refractivity contribution in [3.8, 4) is 0 Å². The first kappa shape index (κ1) is 40.7. The fourth-order valence-corrected chi connectivity index (χ4v) is 7.29. The van der Waals surface area contributed by atoms with Crippen LogP contribution in [-0.4, -0.2) is 117 Å². The molecule has 2 aliphatic heterocycles. The zero-order valence-electron chi connectivity index (χ0n) is 33.3. The highest BCUT2D eigenvalue weighted by Crippen LogP contribution is 2.34. The number of carbonyl (C=O) groups excluding carboxylic acids is 4. The Balaban J connectivity index is 1.28. The molecule has 0 spiro atoms. The number of hydrogen-bond acceptors (Lipinski definition) is 9. The Bertz CT molecular complexity index is 2010. The van der Waals surface area contributed by atoms with Crippen molar-refractivity contribution in [1.29, 1.82) is 0 Å². The summed E-state index contributed by atoms with van der Waals surface area (Å²) >= 11 is 0. The van der Waals surface area contributed by atoms with E-state index in [1.807, 2.05) is 54.0 Å². The predicted molar refractivity (Wildman–Crippen MR) is 218 cm³/mol. The lowest BCUT2D eigenvalue weighted by molar-refractivity contribution is -0.131. The Kier molecular flexibility index (Phi) is 13.4. The van der Waals surface area contributed by atoms with Gasteiger partial charge in [-0.25, -0.2) is 9.59 Å². The van der Waals surface area contributed by atoms with Crippen LogP contribution in [0.4, 0.5) is 21.0 Å². The zero-order valence-corrected chi connectivity index (χ0v) is 33.3. The van der Waals surface area contributed by atoms with E-state index in [0.29, 0.717) is 49.8 Å². The predicted octanol–water partition coefficient (Wildman–Crippen LogP) is 3.86. The molecule has 1 unspecified atom stereocenters. The Morgan fingerprint density at radius 1 is 0.702 bits per heavy atom. The Hall–Kier alpha value is -5.93. The number of amides is 6. The second kappa shape index (κ2) is 18.8. The summed E-state index contributed by atoms with van der Waals surface area (Å²) in [7, 11) is 0. The molecule has 1 atom stereocenters. The molecule has 2 aliphatic rings. The summed E-state index contributed by atoms with van der Waals surface area (Å²) in [6, 6.07) is 17.8. The molecule has 15 heteroatoms. The number of nitrogens with two attached hydrogens (primary N) is 1. The summed E-state index contributed by atoms with van der Waals surface area (Å²) in [5, 5.41) is 3.11. The zero-order chi connectivity index (χ0) is 40.5. The Labute approximate surface area is 334 Å². The molecule has 3 N–H and O–H groups in total. The number of urea groups is 2. The van der Waals surface area contributed by atoms with E-state index in [-0.39, 0.29) is 18.4 Å². The maximum Gasteiger partial charge on any atom is 0.324 e. The normalized spacial score (nSPS) is 15.5. The van der Waals surface area contributed by atoms with Gasteiger partial charge in [-0.1, -0.05) is 24.3 Å². The van der Waals surface area contributed by atoms with Crippen LogP contribution in [0.5, 0.6) is 0 Å². The van der Waals surface area contributed by atoms with Crippen LogP contribution in [-0.2, 0) is 29.1 Å². The highest BCUT2D eigenvalue weighted by Gasteiger charge is 2.37. The van der Waals surface area contributed by atoms with Gasteiger partial charge in [-0.15, -0.1) is 0 Å². The van der Waals surface area contributed by atoms with E-state index in [1.54, 1.807) is 50.6 Å². The van der Waals surface area contributed by atoms with E-state index in [1.165, 1.54) is 9.80 Å². The lowest BCUT2D eigenvalue weighted by Crippen LogP contribution is -2.52. The molecule has 3 aromatic heterocycles. The van der Waals surface area contributed by atoms with Gasteiger partial charge in [0.15, 0.2) is 6.17 Å². The number of rotatable bonds is 12. The topological polar surface area (TPSA) is 164 Å². The molecule has 0 saturated carbocycles. The lowest BCUT2D eigenvalue weighted by atomic mass is 10.1. The molecule has 2 fully saturated rings. The highest BCUT2D eigenvalue weighted by atomic mass is 16.2. The van der Waals surface area contributed by atoms with Crippen molar-refractivity contribution in [1.82, 2.24) is 39.9 Å². The quantitative estimate of drug-likeness (QED) is 0.204. The number of carbonyl (C=O) groups is 4. The van der Waals surface area contributed by atoms with Gasteiger partial charge in [0, 0.05) is 103 Å². The molecule has 300 valence electrons. The highest BCUT2D eigenvalue weighted by molar-refractivity contribution is 5.98. The van der Waals surface area contributed by atoms with Crippen molar-refractivity contribution in [2.75, 3.05) is 68.7 Å². The minimum absolute atomic E-state index is 0.0644. The maximum atomic E-state index is 14.7. The molecule has 57 heavy (non-hydrogen) atoms. The van der Waals surface area contributed by atoms with Gasteiger partial charge in [-0.2, -0.15) is 0 Å². The fraction of sp³-hybridized carbons (Fsp3) is 0.405. The molecule has 2 saturated heterocycles. The van der Waals surface area contributed by atoms with Gasteiger partial charge >= 0.3 is 12.1 Å². The van der Waals surface area contributed by atoms with Gasteiger partial charge in [0.1, 0.15) is 0 Å². The van der Waals surface area contributed by atoms with Crippen molar-refractivity contribution >= 4 is 35.3 Å². The molecular formula is C42H53N11O4. The number of aromatic nitrogens is 3. The average molecular weight is 776 g/mol. The monoisotopic (exact) mass is 775 g/mol. The van der Waals surface area contributed by atoms with E-state index in [2.05, 4.69) is 37.2 Å². The molecule has 6 rings (SSSR count). The Morgan fingerprint density at radius 3 is 1.84 bits per heavy atom. The van der Waals surface area contributed by atoms with Crippen LogP contribution in [0.3, 0.4) is 0 Å². The van der Waals surface area contributed by atoms with Crippen molar-refractivity contribution < 1.29 is 19.2 Å². The minimum Gasteiger partial charge on any atom is -0.351 e. The molecule has 0 bridgehead atoms. The first-order valence-electron chi connectivity index (χ1n) is 19.4. The summed E-state index contributed by atoms with van der Waals surface area (Å²) in [5.41, 5.74) is 11.9. The van der Waals surface area contributed by atoms with Gasteiger partial charge in [-0.3, -0.25) is 44.1 Å². The summed E-state index contributed by atoms with van der Waals surface area (Å²) in [6.07, 6.45) is 4.53. The SMILES string of the molecule is CC(=O)N1CCN(CCc2cccc(CNC(=O)N(c3ccc(C)nc3)C(c3cc(CN4CCN(C(C)=O)CC4)ccn3)N(C(N)=O)c3ccc(C)nc3)c2)CC1. The van der Waals surface area contributed by atoms with Gasteiger partial charge in [0.25, 0.3) is 0 Å². The third kappa shape index (κ3) is 10.7. The molecular weight excluding hydrogens is 723 g/mol. The van der Waals surface area contributed by atoms with E-state index < -0.39 is 18.2 Å². The van der Waals surface area contributed by atoms with E-state index in [0.717, 1.165) is 67.2 Å². The van der Waals surface area contributed by atoms with Gasteiger partial charge < -0.3 is 20.9 Å². The van der Waals surface area contributed by atoms with Gasteiger partial charge in [0.2, 0.25) is 11.8 Å². The van der Waals surface area contributed by atoms with Crippen LogP contribution < -0.4 is 20.9 Å². The average Bonchev–Trinajstić information content (AvgIpc) is 3.21. The smallest absolute Gasteiger partial charge is 0.324 e. The minimum atomic E-state index is -1.14. The Morgan fingerprint density at radius 2 is 1.28 bits per heavy atom. The molecule has 1 aromatic carbocycles. The number of pyridine rings is 3. The molecule has 0 radical (unpaired) electrons. The second-order valence-corrected chi connectivity index (χ2v) is 14.7. The number of benzene rings is 1. The van der Waals surface area contributed by atoms with E-state index >= 15 is 0 Å². The van der Waals surface area contributed by atoms with Crippen LogP contribution in [0.1, 0.15) is 53.8 Å². The van der Waals surface area contributed by atoms with Crippen LogP contribution in [0, 0.1) is 13.8 Å². The second-order valence-electron chi connectivity index (χ2n) is 14.7. The molecule has 6 amide bonds. The van der Waals surface area contributed by atoms with Crippen molar-refractivity contribution in [3.63, 3.8) is 0 Å². The summed E-state index contributed by atoms with van der Waals surface area (Å²) in [5.74, 6) is 0.179. The van der Waals surface area contributed by atoms with Crippen molar-refractivity contribution in [2.24, 2.45) is 5.73 Å². The largest absolute Gasteiger partial charge is 0.351 e. The van der Waals surface area contributed by atoms with Gasteiger partial charge in [-0.05, 0) is 73.4 Å². The van der Waals surface area contributed by atoms with Crippen LogP contribution in [0.2, 0.25) is 0 Å². The third-order valence-corrected chi connectivity index (χ3v) is 10.6. The van der Waals surface area contributed by atoms with Crippen LogP contribution >= 0.6 is 0 Å². The molecule has 4 aromatic rings. The van der Waals surface area contributed by atoms with Crippen molar-refractivity contribution in [2.45, 2.75) is 53.4 Å². The van der Waals surface area contributed by atoms with E-state index in [9.17, 15) is 19.2 Å². The maximum absolute atomic E-state index is 14.7. The first-order chi connectivity index (χ1) is 27.4. The molecule has 15 nitrogen and oxygen atoms in total. The fourth-order valence-electron chi connectivity index (χ4n) is 7.29. The van der Waals surface area contributed by atoms with Crippen LogP contribution in [0.25, 0.3) is 0 Å². The summed E-state index contributed by atoms with van der Waals surface area (Å²) in [6.45, 7) is 14.5. The number of nitrogens with zero attached hydrogens (tertiary/aromatic N) is 9. The molecule has 5 heterocycles. The molecule has 0 aliphatic carbocycles. The number of nitrogens with one attached hydrogen (secondary N) is 1. The number of primary amides is 1. The first-order valence-corrected chi connectivity index (χ1v) is 19.4. The summed E-state index contributed by atoms with van der Waals surface area (Å²) < 4.78 is 0. The number of piperazine rings is 2. The third-order valence-electron chi connectivity index (χ3n) is 10.6. The standard InChI is InChI=1S/C42H53N11O4/c1-30-8-10-37(27-45-30)52(41(43)56)40(39-25-36(12-14-44-39)29-49-18-22-51(23-19-49)33(4)55)53(38-11-9-31(2)46-28-38)42(57)47-26-35-7-5-6-34(24-35)13-15-48-16-20-50(21-17-48)32(3)54/h5-12,14,24-25,27-28,40H,13,15-23,26,29H2,1-4H3,(H2,43,56)(H,47,57).